The van der Waals surface area contributed by atoms with E-state index in [0.717, 1.165) is 5.56 Å². The fourth-order valence-electron chi connectivity index (χ4n) is 3.89. The number of fused-ring (bicyclic) bond motifs is 1. The first-order valence-electron chi connectivity index (χ1n) is 10.5. The number of aromatic nitrogens is 3. The van der Waals surface area contributed by atoms with Crippen molar-refractivity contribution in [2.45, 2.75) is 26.8 Å². The van der Waals surface area contributed by atoms with E-state index in [9.17, 15) is 9.18 Å². The standard InChI is InChI=1S/C25H25FN4O3/c1-14-12-21(25(31)28-15(2)20-13-19(32-4)10-11-22(20)33-5)23-16(3)29-30(24(23)27-14)18-8-6-17(26)7-9-18/h6-13,15H,1-5H3,(H,28,31)/t15-/m0/s1. The minimum absolute atomic E-state index is 0.260. The van der Waals surface area contributed by atoms with Crippen molar-refractivity contribution in [1.82, 2.24) is 20.1 Å². The van der Waals surface area contributed by atoms with Crippen molar-refractivity contribution in [2.75, 3.05) is 14.2 Å². The highest BCUT2D eigenvalue weighted by molar-refractivity contribution is 6.07. The van der Waals surface area contributed by atoms with Crippen LogP contribution in [-0.4, -0.2) is 34.9 Å². The van der Waals surface area contributed by atoms with Crippen LogP contribution in [0, 0.1) is 19.7 Å². The molecule has 0 bridgehead atoms. The number of hydrogen-bond acceptors (Lipinski definition) is 5. The molecule has 2 heterocycles. The number of rotatable bonds is 6. The maximum Gasteiger partial charge on any atom is 0.252 e. The van der Waals surface area contributed by atoms with Gasteiger partial charge >= 0.3 is 0 Å². The van der Waals surface area contributed by atoms with Crippen LogP contribution in [0.25, 0.3) is 16.7 Å². The largest absolute Gasteiger partial charge is 0.497 e. The number of hydrogen-bond donors (Lipinski definition) is 1. The fourth-order valence-corrected chi connectivity index (χ4v) is 3.89. The van der Waals surface area contributed by atoms with Crippen LogP contribution < -0.4 is 14.8 Å². The molecule has 0 spiro atoms. The van der Waals surface area contributed by atoms with Crippen molar-refractivity contribution in [3.8, 4) is 17.2 Å². The number of amides is 1. The van der Waals surface area contributed by atoms with E-state index in [4.69, 9.17) is 9.47 Å². The predicted octanol–water partition coefficient (Wildman–Crippen LogP) is 4.68. The summed E-state index contributed by atoms with van der Waals surface area (Å²) in [6, 6.07) is 12.8. The van der Waals surface area contributed by atoms with Crippen LogP contribution in [0.1, 0.15) is 40.3 Å². The van der Waals surface area contributed by atoms with Gasteiger partial charge in [-0.2, -0.15) is 5.10 Å². The number of pyridine rings is 1. The zero-order chi connectivity index (χ0) is 23.7. The van der Waals surface area contributed by atoms with E-state index >= 15 is 0 Å². The number of nitrogens with zero attached hydrogens (tertiary/aromatic N) is 3. The third kappa shape index (κ3) is 4.24. The minimum Gasteiger partial charge on any atom is -0.497 e. The lowest BCUT2D eigenvalue weighted by Gasteiger charge is -2.18. The van der Waals surface area contributed by atoms with Crippen molar-refractivity contribution in [2.24, 2.45) is 0 Å². The molecule has 0 saturated carbocycles. The number of methoxy groups -OCH3 is 2. The molecule has 0 unspecified atom stereocenters. The van der Waals surface area contributed by atoms with Gasteiger partial charge in [0.1, 0.15) is 17.3 Å². The first-order valence-corrected chi connectivity index (χ1v) is 10.5. The van der Waals surface area contributed by atoms with E-state index in [-0.39, 0.29) is 17.8 Å². The van der Waals surface area contributed by atoms with Crippen LogP contribution in [0.15, 0.2) is 48.5 Å². The highest BCUT2D eigenvalue weighted by Crippen LogP contribution is 2.30. The van der Waals surface area contributed by atoms with Gasteiger partial charge in [0.05, 0.1) is 42.6 Å². The SMILES string of the molecule is COc1ccc(OC)c([C@H](C)NC(=O)c2cc(C)nc3c2c(C)nn3-c2ccc(F)cc2)c1. The van der Waals surface area contributed by atoms with Crippen LogP contribution in [0.2, 0.25) is 0 Å². The minimum atomic E-state index is -0.349. The van der Waals surface area contributed by atoms with E-state index in [1.807, 2.05) is 32.9 Å². The molecule has 7 nitrogen and oxygen atoms in total. The van der Waals surface area contributed by atoms with Crippen molar-refractivity contribution in [3.05, 3.63) is 76.9 Å². The Bertz CT molecular complexity index is 1330. The normalized spacial score (nSPS) is 11.9. The van der Waals surface area contributed by atoms with Gasteiger partial charge in [-0.1, -0.05) is 0 Å². The lowest BCUT2D eigenvalue weighted by atomic mass is 10.0. The Labute approximate surface area is 191 Å². The molecule has 4 rings (SSSR count). The average Bonchev–Trinajstić information content (AvgIpc) is 3.14. The molecular formula is C25H25FN4O3. The van der Waals surface area contributed by atoms with Crippen molar-refractivity contribution < 1.29 is 18.7 Å². The molecule has 0 aliphatic rings. The average molecular weight is 448 g/mol. The molecule has 33 heavy (non-hydrogen) atoms. The van der Waals surface area contributed by atoms with Gasteiger partial charge < -0.3 is 14.8 Å². The van der Waals surface area contributed by atoms with Crippen LogP contribution in [0.3, 0.4) is 0 Å². The van der Waals surface area contributed by atoms with Gasteiger partial charge in [0.2, 0.25) is 0 Å². The van der Waals surface area contributed by atoms with E-state index in [0.29, 0.717) is 45.2 Å². The first kappa shape index (κ1) is 22.3. The summed E-state index contributed by atoms with van der Waals surface area (Å²) in [6.07, 6.45) is 0. The Morgan fingerprint density at radius 2 is 1.79 bits per heavy atom. The Kier molecular flexibility index (Phi) is 6.00. The third-order valence-electron chi connectivity index (χ3n) is 5.51. The molecule has 1 atom stereocenters. The lowest BCUT2D eigenvalue weighted by molar-refractivity contribution is 0.0941. The predicted molar refractivity (Wildman–Crippen MR) is 124 cm³/mol. The van der Waals surface area contributed by atoms with Crippen molar-refractivity contribution in [3.63, 3.8) is 0 Å². The summed E-state index contributed by atoms with van der Waals surface area (Å²) < 4.78 is 25.8. The number of ether oxygens (including phenoxy) is 2. The lowest BCUT2D eigenvalue weighted by Crippen LogP contribution is -2.27. The van der Waals surface area contributed by atoms with Gasteiger partial charge in [0.25, 0.3) is 5.91 Å². The van der Waals surface area contributed by atoms with Crippen molar-refractivity contribution in [1.29, 1.82) is 0 Å². The molecular weight excluding hydrogens is 423 g/mol. The highest BCUT2D eigenvalue weighted by Gasteiger charge is 2.22. The molecule has 8 heteroatoms. The topological polar surface area (TPSA) is 78.3 Å². The molecule has 1 amide bonds. The number of benzene rings is 2. The second-order valence-corrected chi connectivity index (χ2v) is 7.79. The van der Waals surface area contributed by atoms with E-state index in [1.54, 1.807) is 43.2 Å². The second-order valence-electron chi connectivity index (χ2n) is 7.79. The molecule has 4 aromatic rings. The Morgan fingerprint density at radius 1 is 1.06 bits per heavy atom. The van der Waals surface area contributed by atoms with Crippen LogP contribution in [0.4, 0.5) is 4.39 Å². The number of carbonyl (C=O) groups is 1. The molecule has 0 fully saturated rings. The summed E-state index contributed by atoms with van der Waals surface area (Å²) in [6.45, 7) is 5.53. The molecule has 0 aliphatic carbocycles. The maximum atomic E-state index is 13.4. The van der Waals surface area contributed by atoms with Gasteiger partial charge in [0, 0.05) is 11.3 Å². The van der Waals surface area contributed by atoms with Gasteiger partial charge in [-0.3, -0.25) is 4.79 Å². The molecule has 2 aromatic carbocycles. The zero-order valence-corrected chi connectivity index (χ0v) is 19.1. The summed E-state index contributed by atoms with van der Waals surface area (Å²) in [5.41, 5.74) is 3.79. The first-order chi connectivity index (χ1) is 15.8. The maximum absolute atomic E-state index is 13.4. The summed E-state index contributed by atoms with van der Waals surface area (Å²) in [5, 5.41) is 8.27. The van der Waals surface area contributed by atoms with Gasteiger partial charge in [-0.15, -0.1) is 0 Å². The van der Waals surface area contributed by atoms with E-state index < -0.39 is 0 Å². The van der Waals surface area contributed by atoms with Gasteiger partial charge in [0.15, 0.2) is 5.65 Å². The van der Waals surface area contributed by atoms with Gasteiger partial charge in [-0.25, -0.2) is 14.1 Å². The van der Waals surface area contributed by atoms with Crippen LogP contribution in [0.5, 0.6) is 11.5 Å². The van der Waals surface area contributed by atoms with Crippen LogP contribution >= 0.6 is 0 Å². The van der Waals surface area contributed by atoms with E-state index in [2.05, 4.69) is 15.4 Å². The Balaban J connectivity index is 1.74. The Morgan fingerprint density at radius 3 is 2.45 bits per heavy atom. The Hall–Kier alpha value is -3.94. The molecule has 0 saturated heterocycles. The molecule has 0 radical (unpaired) electrons. The second kappa shape index (κ2) is 8.90. The van der Waals surface area contributed by atoms with E-state index in [1.165, 1.54) is 12.1 Å². The zero-order valence-electron chi connectivity index (χ0n) is 19.1. The number of carbonyl (C=O) groups excluding carboxylic acids is 1. The highest BCUT2D eigenvalue weighted by atomic mass is 19.1. The quantitative estimate of drug-likeness (QED) is 0.463. The van der Waals surface area contributed by atoms with Gasteiger partial charge in [-0.05, 0) is 69.3 Å². The summed E-state index contributed by atoms with van der Waals surface area (Å²) in [7, 11) is 3.18. The number of halogens is 1. The smallest absolute Gasteiger partial charge is 0.252 e. The monoisotopic (exact) mass is 448 g/mol. The molecule has 2 aromatic heterocycles. The summed E-state index contributed by atoms with van der Waals surface area (Å²) in [4.78, 5) is 18.0. The fraction of sp³-hybridized carbons (Fsp3) is 0.240. The van der Waals surface area contributed by atoms with Crippen molar-refractivity contribution >= 4 is 16.9 Å². The number of nitrogens with one attached hydrogen (secondary N) is 1. The molecule has 0 aliphatic heterocycles. The number of aryl methyl sites for hydroxylation is 2. The van der Waals surface area contributed by atoms with Crippen LogP contribution in [-0.2, 0) is 0 Å². The summed E-state index contributed by atoms with van der Waals surface area (Å²) in [5.74, 6) is 0.730. The molecule has 1 N–H and O–H groups in total. The third-order valence-corrected chi connectivity index (χ3v) is 5.51. The summed E-state index contributed by atoms with van der Waals surface area (Å²) >= 11 is 0. The molecule has 170 valence electrons.